The number of carbonyl (C=O) groups excluding carboxylic acids is 1. The van der Waals surface area contributed by atoms with E-state index in [1.807, 2.05) is 25.1 Å². The Morgan fingerprint density at radius 2 is 2.09 bits per heavy atom. The van der Waals surface area contributed by atoms with Gasteiger partial charge in [-0.3, -0.25) is 4.79 Å². The lowest BCUT2D eigenvalue weighted by Crippen LogP contribution is -2.29. The van der Waals surface area contributed by atoms with E-state index in [9.17, 15) is 9.59 Å². The number of aromatic carboxylic acids is 1. The molecule has 1 aromatic heterocycles. The van der Waals surface area contributed by atoms with E-state index in [0.29, 0.717) is 23.0 Å². The fourth-order valence-electron chi connectivity index (χ4n) is 2.30. The zero-order chi connectivity index (χ0) is 17.0. The Morgan fingerprint density at radius 1 is 1.35 bits per heavy atom. The highest BCUT2D eigenvalue weighted by molar-refractivity contribution is 6.30. The number of carboxylic acid groups (broad SMARTS) is 1. The summed E-state index contributed by atoms with van der Waals surface area (Å²) in [6.07, 6.45) is 0.573. The minimum Gasteiger partial charge on any atom is -0.478 e. The Hall–Kier alpha value is -2.27. The van der Waals surface area contributed by atoms with Crippen LogP contribution in [-0.2, 0) is 17.8 Å². The summed E-state index contributed by atoms with van der Waals surface area (Å²) in [4.78, 5) is 23.1. The van der Waals surface area contributed by atoms with Crippen molar-refractivity contribution in [3.8, 4) is 0 Å². The van der Waals surface area contributed by atoms with Crippen LogP contribution in [-0.4, -0.2) is 17.0 Å². The van der Waals surface area contributed by atoms with Gasteiger partial charge in [0.15, 0.2) is 0 Å². The number of hydrogen-bond donors (Lipinski definition) is 2. The molecule has 2 rings (SSSR count). The molecule has 0 radical (unpaired) electrons. The van der Waals surface area contributed by atoms with Gasteiger partial charge in [0.05, 0.1) is 6.54 Å². The summed E-state index contributed by atoms with van der Waals surface area (Å²) in [6, 6.07) is 8.82. The third-order valence-electron chi connectivity index (χ3n) is 3.51. The van der Waals surface area contributed by atoms with Crippen molar-refractivity contribution in [2.45, 2.75) is 26.8 Å². The molecule has 1 unspecified atom stereocenters. The van der Waals surface area contributed by atoms with Crippen molar-refractivity contribution in [2.75, 3.05) is 0 Å². The van der Waals surface area contributed by atoms with Crippen molar-refractivity contribution in [1.82, 2.24) is 5.32 Å². The first-order valence-electron chi connectivity index (χ1n) is 7.21. The molecule has 1 amide bonds. The van der Waals surface area contributed by atoms with Crippen LogP contribution in [0, 0.1) is 12.8 Å². The third-order valence-corrected chi connectivity index (χ3v) is 3.75. The molecular formula is C17H18ClNO4. The Labute approximate surface area is 139 Å². The number of nitrogens with one attached hydrogen (secondary N) is 1. The van der Waals surface area contributed by atoms with Gasteiger partial charge in [0, 0.05) is 10.9 Å². The minimum absolute atomic E-state index is 0.112. The lowest BCUT2D eigenvalue weighted by Gasteiger charge is -2.11. The number of rotatable bonds is 6. The molecule has 6 heteroatoms. The van der Waals surface area contributed by atoms with Crippen molar-refractivity contribution in [3.63, 3.8) is 0 Å². The lowest BCUT2D eigenvalue weighted by molar-refractivity contribution is -0.124. The summed E-state index contributed by atoms with van der Waals surface area (Å²) in [5, 5.41) is 12.4. The third kappa shape index (κ3) is 4.60. The minimum atomic E-state index is -1.04. The van der Waals surface area contributed by atoms with Crippen molar-refractivity contribution in [1.29, 1.82) is 0 Å². The van der Waals surface area contributed by atoms with Crippen molar-refractivity contribution in [3.05, 3.63) is 58.0 Å². The first-order chi connectivity index (χ1) is 10.9. The van der Waals surface area contributed by atoms with Crippen LogP contribution in [0.1, 0.15) is 34.4 Å². The van der Waals surface area contributed by atoms with E-state index in [4.69, 9.17) is 21.1 Å². The van der Waals surface area contributed by atoms with Gasteiger partial charge in [-0.15, -0.1) is 0 Å². The average molecular weight is 336 g/mol. The molecule has 0 bridgehead atoms. The van der Waals surface area contributed by atoms with Gasteiger partial charge in [-0.1, -0.05) is 30.7 Å². The quantitative estimate of drug-likeness (QED) is 0.847. The lowest BCUT2D eigenvalue weighted by atomic mass is 10.0. The zero-order valence-electron chi connectivity index (χ0n) is 12.9. The first kappa shape index (κ1) is 17.1. The molecule has 1 heterocycles. The van der Waals surface area contributed by atoms with Crippen molar-refractivity contribution < 1.29 is 19.1 Å². The van der Waals surface area contributed by atoms with Gasteiger partial charge in [-0.25, -0.2) is 4.79 Å². The molecule has 0 spiro atoms. The predicted octanol–water partition coefficient (Wildman–Crippen LogP) is 3.43. The fourth-order valence-corrected chi connectivity index (χ4v) is 2.51. The normalized spacial score (nSPS) is 12.0. The number of amides is 1. The largest absolute Gasteiger partial charge is 0.478 e. The molecule has 1 aromatic carbocycles. The number of carboxylic acids is 1. The highest BCUT2D eigenvalue weighted by atomic mass is 35.5. The average Bonchev–Trinajstić information content (AvgIpc) is 2.86. The number of furan rings is 1. The van der Waals surface area contributed by atoms with E-state index in [-0.39, 0.29) is 23.9 Å². The van der Waals surface area contributed by atoms with Gasteiger partial charge in [0.25, 0.3) is 0 Å². The molecule has 23 heavy (non-hydrogen) atoms. The van der Waals surface area contributed by atoms with Crippen molar-refractivity contribution in [2.24, 2.45) is 5.92 Å². The van der Waals surface area contributed by atoms with Crippen LogP contribution in [0.4, 0.5) is 0 Å². The molecule has 2 aromatic rings. The summed E-state index contributed by atoms with van der Waals surface area (Å²) in [6.45, 7) is 3.57. The van der Waals surface area contributed by atoms with Crippen LogP contribution in [0.5, 0.6) is 0 Å². The predicted molar refractivity (Wildman–Crippen MR) is 86.6 cm³/mol. The number of halogens is 1. The zero-order valence-corrected chi connectivity index (χ0v) is 13.7. The molecule has 0 aliphatic carbocycles. The SMILES string of the molecule is Cc1oc(CNC(=O)C(C)Cc2cccc(Cl)c2)cc1C(=O)O. The second kappa shape index (κ2) is 7.33. The Kier molecular flexibility index (Phi) is 5.45. The molecule has 2 N–H and O–H groups in total. The second-order valence-corrected chi connectivity index (χ2v) is 5.88. The van der Waals surface area contributed by atoms with E-state index in [1.165, 1.54) is 6.07 Å². The van der Waals surface area contributed by atoms with E-state index < -0.39 is 5.97 Å². The summed E-state index contributed by atoms with van der Waals surface area (Å²) >= 11 is 5.93. The van der Waals surface area contributed by atoms with Gasteiger partial charge < -0.3 is 14.8 Å². The number of aryl methyl sites for hydroxylation is 1. The number of carbonyl (C=O) groups is 2. The van der Waals surface area contributed by atoms with E-state index >= 15 is 0 Å². The maximum absolute atomic E-state index is 12.1. The van der Waals surface area contributed by atoms with Gasteiger partial charge in [0.1, 0.15) is 17.1 Å². The van der Waals surface area contributed by atoms with E-state index in [1.54, 1.807) is 13.0 Å². The van der Waals surface area contributed by atoms with Gasteiger partial charge in [-0.05, 0) is 37.1 Å². The molecule has 122 valence electrons. The Bertz CT molecular complexity index is 723. The maximum atomic E-state index is 12.1. The van der Waals surface area contributed by atoms with Crippen LogP contribution in [0.3, 0.4) is 0 Å². The maximum Gasteiger partial charge on any atom is 0.339 e. The molecule has 0 saturated heterocycles. The molecule has 0 fully saturated rings. The molecule has 1 atom stereocenters. The highest BCUT2D eigenvalue weighted by Gasteiger charge is 2.16. The topological polar surface area (TPSA) is 79.5 Å². The monoisotopic (exact) mass is 335 g/mol. The Balaban J connectivity index is 1.91. The summed E-state index contributed by atoms with van der Waals surface area (Å²) < 4.78 is 5.33. The van der Waals surface area contributed by atoms with Gasteiger partial charge in [0.2, 0.25) is 5.91 Å². The summed E-state index contributed by atoms with van der Waals surface area (Å²) in [5.41, 5.74) is 1.10. The van der Waals surface area contributed by atoms with E-state index in [2.05, 4.69) is 5.32 Å². The van der Waals surface area contributed by atoms with E-state index in [0.717, 1.165) is 5.56 Å². The van der Waals surface area contributed by atoms with Crippen LogP contribution in [0.25, 0.3) is 0 Å². The van der Waals surface area contributed by atoms with Gasteiger partial charge in [-0.2, -0.15) is 0 Å². The fraction of sp³-hybridized carbons (Fsp3) is 0.294. The molecule has 0 saturated carbocycles. The van der Waals surface area contributed by atoms with Crippen LogP contribution < -0.4 is 5.32 Å². The highest BCUT2D eigenvalue weighted by Crippen LogP contribution is 2.16. The van der Waals surface area contributed by atoms with Crippen LogP contribution in [0.2, 0.25) is 5.02 Å². The van der Waals surface area contributed by atoms with Crippen LogP contribution in [0.15, 0.2) is 34.7 Å². The van der Waals surface area contributed by atoms with Gasteiger partial charge >= 0.3 is 5.97 Å². The Morgan fingerprint density at radius 3 is 2.70 bits per heavy atom. The molecule has 0 aliphatic rings. The summed E-state index contributed by atoms with van der Waals surface area (Å²) in [5.74, 6) is -0.658. The number of hydrogen-bond acceptors (Lipinski definition) is 3. The molecular weight excluding hydrogens is 318 g/mol. The first-order valence-corrected chi connectivity index (χ1v) is 7.59. The molecule has 5 nitrogen and oxygen atoms in total. The smallest absolute Gasteiger partial charge is 0.339 e. The van der Waals surface area contributed by atoms with Crippen molar-refractivity contribution >= 4 is 23.5 Å². The standard InChI is InChI=1S/C17H18ClNO4/c1-10(6-12-4-3-5-13(18)7-12)16(20)19-9-14-8-15(17(21)22)11(2)23-14/h3-5,7-8,10H,6,9H2,1-2H3,(H,19,20)(H,21,22). The van der Waals surface area contributed by atoms with Crippen LogP contribution >= 0.6 is 11.6 Å². The number of benzene rings is 1. The summed E-state index contributed by atoms with van der Waals surface area (Å²) in [7, 11) is 0. The second-order valence-electron chi connectivity index (χ2n) is 5.44. The molecule has 0 aliphatic heterocycles.